The number of hydrogen-bond acceptors (Lipinski definition) is 5. The van der Waals surface area contributed by atoms with Crippen molar-refractivity contribution in [1.82, 2.24) is 5.32 Å². The van der Waals surface area contributed by atoms with Gasteiger partial charge in [-0.05, 0) is 54.4 Å². The van der Waals surface area contributed by atoms with Crippen molar-refractivity contribution >= 4 is 40.7 Å². The fraction of sp³-hybridized carbons (Fsp3) is 0.200. The molecule has 0 aliphatic heterocycles. The highest BCUT2D eigenvalue weighted by molar-refractivity contribution is 6.35. The van der Waals surface area contributed by atoms with E-state index in [1.807, 2.05) is 18.2 Å². The molecule has 0 saturated carbocycles. The first-order chi connectivity index (χ1) is 16.4. The highest BCUT2D eigenvalue weighted by atomic mass is 35.5. The average molecular weight is 503 g/mol. The minimum atomic E-state index is -0.434. The Bertz CT molecular complexity index is 1170. The van der Waals surface area contributed by atoms with E-state index in [1.165, 1.54) is 6.07 Å². The summed E-state index contributed by atoms with van der Waals surface area (Å²) in [6.07, 6.45) is 0.594. The Hall–Kier alpha value is -3.42. The molecule has 0 bridgehead atoms. The highest BCUT2D eigenvalue weighted by Gasteiger charge is 2.14. The number of ether oxygens (including phenoxy) is 3. The van der Waals surface area contributed by atoms with Crippen LogP contribution in [0.15, 0.2) is 60.7 Å². The zero-order chi connectivity index (χ0) is 24.5. The Morgan fingerprint density at radius 1 is 0.882 bits per heavy atom. The number of nitrogens with one attached hydrogen (secondary N) is 2. The normalized spacial score (nSPS) is 10.4. The zero-order valence-corrected chi connectivity index (χ0v) is 20.2. The van der Waals surface area contributed by atoms with Crippen LogP contribution in [0.1, 0.15) is 15.9 Å². The van der Waals surface area contributed by atoms with E-state index in [0.717, 1.165) is 5.56 Å². The van der Waals surface area contributed by atoms with Crippen molar-refractivity contribution in [3.05, 3.63) is 81.8 Å². The van der Waals surface area contributed by atoms with E-state index in [4.69, 9.17) is 37.4 Å². The molecule has 0 spiro atoms. The summed E-state index contributed by atoms with van der Waals surface area (Å²) in [7, 11) is 3.15. The Balaban J connectivity index is 1.56. The summed E-state index contributed by atoms with van der Waals surface area (Å²) in [5.74, 6) is 0.862. The van der Waals surface area contributed by atoms with E-state index in [-0.39, 0.29) is 12.5 Å². The van der Waals surface area contributed by atoms with Crippen molar-refractivity contribution in [1.29, 1.82) is 0 Å². The molecule has 0 saturated heterocycles. The van der Waals surface area contributed by atoms with Gasteiger partial charge < -0.3 is 24.8 Å². The van der Waals surface area contributed by atoms with Crippen molar-refractivity contribution in [2.24, 2.45) is 0 Å². The lowest BCUT2D eigenvalue weighted by atomic mass is 10.1. The molecule has 0 aromatic heterocycles. The molecular weight excluding hydrogens is 479 g/mol. The fourth-order valence-corrected chi connectivity index (χ4v) is 3.63. The molecule has 3 rings (SSSR count). The zero-order valence-electron chi connectivity index (χ0n) is 18.7. The van der Waals surface area contributed by atoms with Crippen molar-refractivity contribution in [2.75, 3.05) is 32.7 Å². The van der Waals surface area contributed by atoms with Gasteiger partial charge in [0.25, 0.3) is 11.8 Å². The Labute approximate surface area is 207 Å². The van der Waals surface area contributed by atoms with Crippen LogP contribution in [0, 0.1) is 0 Å². The van der Waals surface area contributed by atoms with Gasteiger partial charge in [0.15, 0.2) is 18.1 Å². The van der Waals surface area contributed by atoms with Crippen molar-refractivity contribution in [3.8, 4) is 17.2 Å². The predicted molar refractivity (Wildman–Crippen MR) is 133 cm³/mol. The fourth-order valence-electron chi connectivity index (χ4n) is 3.16. The smallest absolute Gasteiger partial charge is 0.262 e. The number of para-hydroxylation sites is 1. The molecule has 0 aliphatic rings. The minimum absolute atomic E-state index is 0.281. The van der Waals surface area contributed by atoms with Crippen LogP contribution in [-0.2, 0) is 11.2 Å². The topological polar surface area (TPSA) is 85.9 Å². The van der Waals surface area contributed by atoms with Gasteiger partial charge in [0, 0.05) is 11.6 Å². The summed E-state index contributed by atoms with van der Waals surface area (Å²) >= 11 is 11.9. The van der Waals surface area contributed by atoms with Crippen LogP contribution in [0.4, 0.5) is 5.69 Å². The van der Waals surface area contributed by atoms with Crippen LogP contribution in [0.3, 0.4) is 0 Å². The number of carbonyl (C=O) groups excluding carboxylic acids is 2. The SMILES string of the molecule is COc1ccc(CCNC(=O)c2ccccc2NC(=O)COc2ccc(Cl)cc2Cl)cc1OC. The number of hydrogen-bond donors (Lipinski definition) is 2. The van der Waals surface area contributed by atoms with Gasteiger partial charge in [0.2, 0.25) is 0 Å². The van der Waals surface area contributed by atoms with Crippen LogP contribution in [0.5, 0.6) is 17.2 Å². The molecule has 0 unspecified atom stereocenters. The first-order valence-electron chi connectivity index (χ1n) is 10.4. The van der Waals surface area contributed by atoms with Crippen LogP contribution in [-0.4, -0.2) is 39.2 Å². The summed E-state index contributed by atoms with van der Waals surface area (Å²) in [4.78, 5) is 25.1. The Morgan fingerprint density at radius 2 is 1.62 bits per heavy atom. The Kier molecular flexibility index (Phi) is 9.01. The third-order valence-electron chi connectivity index (χ3n) is 4.85. The number of rotatable bonds is 10. The van der Waals surface area contributed by atoms with Crippen molar-refractivity contribution < 1.29 is 23.8 Å². The van der Waals surface area contributed by atoms with Gasteiger partial charge in [0.05, 0.1) is 30.5 Å². The van der Waals surface area contributed by atoms with Crippen molar-refractivity contribution in [3.63, 3.8) is 0 Å². The molecule has 34 heavy (non-hydrogen) atoms. The monoisotopic (exact) mass is 502 g/mol. The van der Waals surface area contributed by atoms with Gasteiger partial charge in [-0.1, -0.05) is 41.4 Å². The van der Waals surface area contributed by atoms with Gasteiger partial charge in [0.1, 0.15) is 5.75 Å². The van der Waals surface area contributed by atoms with Gasteiger partial charge in [-0.2, -0.15) is 0 Å². The molecule has 3 aromatic rings. The standard InChI is InChI=1S/C25H24Cl2N2O5/c1-32-22-9-7-16(13-23(22)33-2)11-12-28-25(31)18-5-3-4-6-20(18)29-24(30)15-34-21-10-8-17(26)14-19(21)27/h3-10,13-14H,11-12,15H2,1-2H3,(H,28,31)(H,29,30). The minimum Gasteiger partial charge on any atom is -0.493 e. The molecule has 3 aromatic carbocycles. The van der Waals surface area contributed by atoms with E-state index in [0.29, 0.717) is 51.5 Å². The number of amides is 2. The summed E-state index contributed by atoms with van der Waals surface area (Å²) < 4.78 is 16.0. The number of benzene rings is 3. The predicted octanol–water partition coefficient (Wildman–Crippen LogP) is 5.00. The molecule has 0 atom stereocenters. The first kappa shape index (κ1) is 25.2. The second-order valence-corrected chi connectivity index (χ2v) is 8.00. The number of carbonyl (C=O) groups is 2. The second-order valence-electron chi connectivity index (χ2n) is 7.15. The maximum atomic E-state index is 12.7. The number of anilines is 1. The lowest BCUT2D eigenvalue weighted by molar-refractivity contribution is -0.118. The average Bonchev–Trinajstić information content (AvgIpc) is 2.83. The lowest BCUT2D eigenvalue weighted by Gasteiger charge is -2.13. The molecule has 7 nitrogen and oxygen atoms in total. The lowest BCUT2D eigenvalue weighted by Crippen LogP contribution is -2.28. The van der Waals surface area contributed by atoms with Crippen LogP contribution < -0.4 is 24.8 Å². The molecular formula is C25H24Cl2N2O5. The van der Waals surface area contributed by atoms with E-state index in [2.05, 4.69) is 10.6 Å². The maximum Gasteiger partial charge on any atom is 0.262 e. The molecule has 0 heterocycles. The van der Waals surface area contributed by atoms with Crippen LogP contribution in [0.25, 0.3) is 0 Å². The van der Waals surface area contributed by atoms with E-state index in [9.17, 15) is 9.59 Å². The summed E-state index contributed by atoms with van der Waals surface area (Å²) in [6.45, 7) is 0.116. The van der Waals surface area contributed by atoms with E-state index >= 15 is 0 Å². The second kappa shape index (κ2) is 12.2. The Morgan fingerprint density at radius 3 is 2.35 bits per heavy atom. The van der Waals surface area contributed by atoms with Gasteiger partial charge in [-0.25, -0.2) is 0 Å². The van der Waals surface area contributed by atoms with E-state index < -0.39 is 5.91 Å². The quantitative estimate of drug-likeness (QED) is 0.407. The largest absolute Gasteiger partial charge is 0.493 e. The molecule has 2 amide bonds. The molecule has 0 radical (unpaired) electrons. The van der Waals surface area contributed by atoms with Gasteiger partial charge in [-0.15, -0.1) is 0 Å². The summed E-state index contributed by atoms with van der Waals surface area (Å²) in [5.41, 5.74) is 1.70. The molecule has 0 aliphatic carbocycles. The maximum absolute atomic E-state index is 12.7. The molecule has 9 heteroatoms. The number of methoxy groups -OCH3 is 2. The highest BCUT2D eigenvalue weighted by Crippen LogP contribution is 2.28. The summed E-state index contributed by atoms with van der Waals surface area (Å²) in [5, 5.41) is 6.34. The van der Waals surface area contributed by atoms with E-state index in [1.54, 1.807) is 50.6 Å². The third-order valence-corrected chi connectivity index (χ3v) is 5.38. The van der Waals surface area contributed by atoms with Gasteiger partial charge >= 0.3 is 0 Å². The summed E-state index contributed by atoms with van der Waals surface area (Å²) in [6, 6.07) is 17.1. The van der Waals surface area contributed by atoms with Crippen LogP contribution >= 0.6 is 23.2 Å². The first-order valence-corrected chi connectivity index (χ1v) is 11.1. The van der Waals surface area contributed by atoms with Crippen molar-refractivity contribution in [2.45, 2.75) is 6.42 Å². The number of halogens is 2. The molecule has 0 fully saturated rings. The van der Waals surface area contributed by atoms with Crippen LogP contribution in [0.2, 0.25) is 10.0 Å². The van der Waals surface area contributed by atoms with Gasteiger partial charge in [-0.3, -0.25) is 9.59 Å². The molecule has 178 valence electrons. The third kappa shape index (κ3) is 6.79. The molecule has 2 N–H and O–H groups in total.